The Balaban J connectivity index is 3.02. The summed E-state index contributed by atoms with van der Waals surface area (Å²) in [5, 5.41) is 0. The van der Waals surface area contributed by atoms with Crippen LogP contribution in [0.25, 0.3) is 0 Å². The summed E-state index contributed by atoms with van der Waals surface area (Å²) in [5.74, 6) is 0.201. The van der Waals surface area contributed by atoms with Gasteiger partial charge in [0.1, 0.15) is 0 Å². The second kappa shape index (κ2) is 4.00. The van der Waals surface area contributed by atoms with E-state index in [2.05, 4.69) is 4.98 Å². The van der Waals surface area contributed by atoms with Crippen LogP contribution in [0.15, 0.2) is 6.20 Å². The van der Waals surface area contributed by atoms with Gasteiger partial charge >= 0.3 is 0 Å². The van der Waals surface area contributed by atoms with E-state index in [1.54, 1.807) is 6.20 Å². The van der Waals surface area contributed by atoms with Gasteiger partial charge in [-0.25, -0.2) is 8.78 Å². The summed E-state index contributed by atoms with van der Waals surface area (Å²) in [6, 6.07) is 0. The van der Waals surface area contributed by atoms with Crippen molar-refractivity contribution in [3.63, 3.8) is 0 Å². The normalized spacial score (nSPS) is 11.5. The Morgan fingerprint density at radius 3 is 2.62 bits per heavy atom. The molecule has 1 aromatic heterocycles. The van der Waals surface area contributed by atoms with Gasteiger partial charge in [0.05, 0.1) is 6.54 Å². The van der Waals surface area contributed by atoms with E-state index in [1.807, 2.05) is 13.8 Å². The zero-order valence-corrected chi connectivity index (χ0v) is 8.37. The van der Waals surface area contributed by atoms with Crippen LogP contribution in [0.4, 0.5) is 8.78 Å². The van der Waals surface area contributed by atoms with Crippen molar-refractivity contribution in [2.75, 3.05) is 0 Å². The Bertz CT molecular complexity index is 327. The van der Waals surface area contributed by atoms with Gasteiger partial charge in [-0.05, 0) is 18.1 Å². The molecule has 0 aliphatic heterocycles. The van der Waals surface area contributed by atoms with Crippen LogP contribution in [0, 0.1) is 4.77 Å². The van der Waals surface area contributed by atoms with Crippen molar-refractivity contribution >= 4 is 12.2 Å². The predicted molar refractivity (Wildman–Crippen MR) is 49.7 cm³/mol. The maximum absolute atomic E-state index is 12.1. The molecule has 0 saturated carbocycles. The first-order valence-electron chi connectivity index (χ1n) is 4.08. The fraction of sp³-hybridized carbons (Fsp3) is 0.625. The van der Waals surface area contributed by atoms with E-state index in [0.717, 1.165) is 5.69 Å². The number of aromatic amines is 1. The molecule has 0 radical (unpaired) electrons. The molecular formula is C8H12F2N2S. The van der Waals surface area contributed by atoms with Crippen molar-refractivity contribution in [1.82, 2.24) is 9.55 Å². The van der Waals surface area contributed by atoms with Gasteiger partial charge in [-0.15, -0.1) is 0 Å². The molecule has 0 aliphatic carbocycles. The largest absolute Gasteiger partial charge is 0.337 e. The van der Waals surface area contributed by atoms with Gasteiger partial charge in [-0.1, -0.05) is 13.8 Å². The van der Waals surface area contributed by atoms with Crippen LogP contribution in [0.5, 0.6) is 0 Å². The van der Waals surface area contributed by atoms with Crippen LogP contribution >= 0.6 is 12.2 Å². The minimum Gasteiger partial charge on any atom is -0.337 e. The molecule has 5 heteroatoms. The van der Waals surface area contributed by atoms with Gasteiger partial charge in [0.15, 0.2) is 4.77 Å². The van der Waals surface area contributed by atoms with Crippen molar-refractivity contribution in [2.45, 2.75) is 32.7 Å². The summed E-state index contributed by atoms with van der Waals surface area (Å²) >= 11 is 4.88. The number of nitrogens with zero attached hydrogens (tertiary/aromatic N) is 1. The summed E-state index contributed by atoms with van der Waals surface area (Å²) in [6.45, 7) is 3.57. The average Bonchev–Trinajstić information content (AvgIpc) is 2.32. The molecule has 1 aromatic rings. The molecule has 0 spiro atoms. The summed E-state index contributed by atoms with van der Waals surface area (Å²) in [4.78, 5) is 2.77. The predicted octanol–water partition coefficient (Wildman–Crippen LogP) is 2.93. The number of nitrogens with one attached hydrogen (secondary N) is 1. The lowest BCUT2D eigenvalue weighted by molar-refractivity contribution is 0.124. The zero-order valence-electron chi connectivity index (χ0n) is 7.55. The van der Waals surface area contributed by atoms with Crippen molar-refractivity contribution in [3.05, 3.63) is 16.7 Å². The third-order valence-electron chi connectivity index (χ3n) is 1.81. The standard InChI is InChI=1S/C8H12F2N2S/c1-5(2)6-3-11-8(13)12(6)4-7(9)10/h3,5,7H,4H2,1-2H3,(H,11,13). The molecule has 13 heavy (non-hydrogen) atoms. The maximum atomic E-state index is 12.1. The van der Waals surface area contributed by atoms with Crippen LogP contribution in [-0.2, 0) is 6.54 Å². The Morgan fingerprint density at radius 2 is 2.15 bits per heavy atom. The first-order valence-corrected chi connectivity index (χ1v) is 4.49. The SMILES string of the molecule is CC(C)c1c[nH]c(=S)n1CC(F)F. The first kappa shape index (κ1) is 10.4. The molecule has 0 atom stereocenters. The average molecular weight is 206 g/mol. The maximum Gasteiger partial charge on any atom is 0.256 e. The smallest absolute Gasteiger partial charge is 0.256 e. The van der Waals surface area contributed by atoms with E-state index in [1.165, 1.54) is 4.57 Å². The number of rotatable bonds is 3. The zero-order chi connectivity index (χ0) is 10.0. The molecule has 0 amide bonds. The van der Waals surface area contributed by atoms with Gasteiger partial charge in [0.2, 0.25) is 0 Å². The number of aromatic nitrogens is 2. The van der Waals surface area contributed by atoms with Gasteiger partial charge < -0.3 is 9.55 Å². The van der Waals surface area contributed by atoms with E-state index >= 15 is 0 Å². The molecule has 0 bridgehead atoms. The molecule has 2 nitrogen and oxygen atoms in total. The van der Waals surface area contributed by atoms with E-state index in [0.29, 0.717) is 4.77 Å². The summed E-state index contributed by atoms with van der Waals surface area (Å²) in [5.41, 5.74) is 0.824. The van der Waals surface area contributed by atoms with Crippen molar-refractivity contribution < 1.29 is 8.78 Å². The van der Waals surface area contributed by atoms with Gasteiger partial charge in [0.25, 0.3) is 6.43 Å². The minimum atomic E-state index is -2.36. The second-order valence-electron chi connectivity index (χ2n) is 3.18. The Morgan fingerprint density at radius 1 is 1.54 bits per heavy atom. The third-order valence-corrected chi connectivity index (χ3v) is 2.15. The fourth-order valence-corrected chi connectivity index (χ4v) is 1.45. The molecule has 0 fully saturated rings. The summed E-state index contributed by atoms with van der Waals surface area (Å²) in [6.07, 6.45) is -0.671. The lowest BCUT2D eigenvalue weighted by atomic mass is 10.1. The molecule has 1 N–H and O–H groups in total. The number of hydrogen-bond donors (Lipinski definition) is 1. The lowest BCUT2D eigenvalue weighted by Crippen LogP contribution is -2.10. The van der Waals surface area contributed by atoms with Crippen LogP contribution in [0.2, 0.25) is 0 Å². The molecule has 1 rings (SSSR count). The van der Waals surface area contributed by atoms with Crippen molar-refractivity contribution in [3.8, 4) is 0 Å². The molecule has 0 aliphatic rings. The minimum absolute atomic E-state index is 0.201. The highest BCUT2D eigenvalue weighted by molar-refractivity contribution is 7.71. The summed E-state index contributed by atoms with van der Waals surface area (Å²) < 4.78 is 26.1. The van der Waals surface area contributed by atoms with Crippen molar-refractivity contribution in [1.29, 1.82) is 0 Å². The number of H-pyrrole nitrogens is 1. The first-order chi connectivity index (χ1) is 6.02. The lowest BCUT2D eigenvalue weighted by Gasteiger charge is -2.09. The summed E-state index contributed by atoms with van der Waals surface area (Å²) in [7, 11) is 0. The third kappa shape index (κ3) is 2.37. The molecular weight excluding hydrogens is 194 g/mol. The number of imidazole rings is 1. The molecule has 0 aromatic carbocycles. The topological polar surface area (TPSA) is 20.7 Å². The Labute approximate surface area is 80.6 Å². The van der Waals surface area contributed by atoms with Crippen LogP contribution in [0.1, 0.15) is 25.5 Å². The molecule has 0 unspecified atom stereocenters. The molecule has 1 heterocycles. The Kier molecular flexibility index (Phi) is 3.19. The van der Waals surface area contributed by atoms with Crippen molar-refractivity contribution in [2.24, 2.45) is 0 Å². The number of halogens is 2. The van der Waals surface area contributed by atoms with E-state index in [4.69, 9.17) is 12.2 Å². The Hall–Kier alpha value is -0.710. The molecule has 0 saturated heterocycles. The van der Waals surface area contributed by atoms with Gasteiger partial charge in [-0.3, -0.25) is 0 Å². The quantitative estimate of drug-likeness (QED) is 0.754. The van der Waals surface area contributed by atoms with Crippen LogP contribution in [0.3, 0.4) is 0 Å². The number of alkyl halides is 2. The van der Waals surface area contributed by atoms with Crippen LogP contribution < -0.4 is 0 Å². The van der Waals surface area contributed by atoms with Gasteiger partial charge in [0, 0.05) is 11.9 Å². The highest BCUT2D eigenvalue weighted by Gasteiger charge is 2.11. The van der Waals surface area contributed by atoms with Crippen LogP contribution in [-0.4, -0.2) is 16.0 Å². The van der Waals surface area contributed by atoms with E-state index in [9.17, 15) is 8.78 Å². The monoisotopic (exact) mass is 206 g/mol. The molecule has 74 valence electrons. The highest BCUT2D eigenvalue weighted by Crippen LogP contribution is 2.15. The number of hydrogen-bond acceptors (Lipinski definition) is 1. The van der Waals surface area contributed by atoms with E-state index in [-0.39, 0.29) is 12.5 Å². The fourth-order valence-electron chi connectivity index (χ4n) is 1.21. The van der Waals surface area contributed by atoms with Gasteiger partial charge in [-0.2, -0.15) is 0 Å². The highest BCUT2D eigenvalue weighted by atomic mass is 32.1. The second-order valence-corrected chi connectivity index (χ2v) is 3.56. The van der Waals surface area contributed by atoms with E-state index < -0.39 is 6.43 Å².